The predicted molar refractivity (Wildman–Crippen MR) is 76.0 cm³/mol. The average molecular weight is 276 g/mol. The summed E-state index contributed by atoms with van der Waals surface area (Å²) >= 11 is 1.41. The van der Waals surface area contributed by atoms with Crippen LogP contribution >= 0.6 is 11.3 Å². The normalized spacial score (nSPS) is 12.4. The Balaban J connectivity index is 1.90. The summed E-state index contributed by atoms with van der Waals surface area (Å²) < 4.78 is 0. The summed E-state index contributed by atoms with van der Waals surface area (Å²) in [7, 11) is 1.92. The predicted octanol–water partition coefficient (Wildman–Crippen LogP) is 2.17. The van der Waals surface area contributed by atoms with E-state index in [1.807, 2.05) is 42.6 Å². The van der Waals surface area contributed by atoms with Gasteiger partial charge >= 0.3 is 0 Å². The number of rotatable bonds is 5. The Morgan fingerprint density at radius 1 is 1.53 bits per heavy atom. The second kappa shape index (κ2) is 6.40. The fourth-order valence-corrected chi connectivity index (χ4v) is 2.23. The zero-order valence-corrected chi connectivity index (χ0v) is 11.7. The van der Waals surface area contributed by atoms with Gasteiger partial charge in [-0.15, -0.1) is 11.3 Å². The highest BCUT2D eigenvalue weighted by molar-refractivity contribution is 7.13. The molecule has 2 rings (SSSR count). The first-order valence-corrected chi connectivity index (χ1v) is 6.84. The van der Waals surface area contributed by atoms with Crippen molar-refractivity contribution < 1.29 is 4.79 Å². The summed E-state index contributed by atoms with van der Waals surface area (Å²) in [4.78, 5) is 21.9. The van der Waals surface area contributed by atoms with Crippen LogP contribution in [0, 0.1) is 0 Å². The summed E-state index contributed by atoms with van der Waals surface area (Å²) in [6, 6.07) is 4.04. The van der Waals surface area contributed by atoms with Gasteiger partial charge in [0.25, 0.3) is 0 Å². The van der Waals surface area contributed by atoms with Crippen molar-refractivity contribution in [3.63, 3.8) is 0 Å². The molecule has 0 aliphatic rings. The lowest BCUT2D eigenvalue weighted by atomic mass is 10.1. The molecule has 0 radical (unpaired) electrons. The van der Waals surface area contributed by atoms with Gasteiger partial charge < -0.3 is 5.32 Å². The molecule has 2 aromatic heterocycles. The second-order valence-corrected chi connectivity index (χ2v) is 5.16. The van der Waals surface area contributed by atoms with E-state index in [-0.39, 0.29) is 11.9 Å². The summed E-state index contributed by atoms with van der Waals surface area (Å²) in [5.41, 5.74) is 1.09. The van der Waals surface area contributed by atoms with E-state index in [9.17, 15) is 4.79 Å². The molecule has 6 heteroatoms. The molecule has 0 fully saturated rings. The number of hydrogen-bond acceptors (Lipinski definition) is 5. The second-order valence-electron chi connectivity index (χ2n) is 4.26. The number of nitrogens with one attached hydrogen (secondary N) is 1. The van der Waals surface area contributed by atoms with Gasteiger partial charge in [0.05, 0.1) is 6.54 Å². The van der Waals surface area contributed by atoms with Crippen LogP contribution < -0.4 is 5.32 Å². The molecular formula is C13H16N4OS. The molecule has 0 aliphatic carbocycles. The molecule has 1 amide bonds. The lowest BCUT2D eigenvalue weighted by Gasteiger charge is -2.23. The third-order valence-corrected chi connectivity index (χ3v) is 3.59. The minimum Gasteiger partial charge on any atom is -0.301 e. The Kier molecular flexibility index (Phi) is 4.59. The quantitative estimate of drug-likeness (QED) is 0.909. The molecule has 0 aromatic carbocycles. The van der Waals surface area contributed by atoms with Crippen LogP contribution in [0.25, 0.3) is 0 Å². The van der Waals surface area contributed by atoms with E-state index in [4.69, 9.17) is 0 Å². The highest BCUT2D eigenvalue weighted by Gasteiger charge is 2.15. The molecule has 0 saturated carbocycles. The molecule has 0 saturated heterocycles. The van der Waals surface area contributed by atoms with Crippen LogP contribution in [0.3, 0.4) is 0 Å². The van der Waals surface area contributed by atoms with E-state index in [0.717, 1.165) is 5.56 Å². The monoisotopic (exact) mass is 276 g/mol. The summed E-state index contributed by atoms with van der Waals surface area (Å²) in [5, 5.41) is 5.23. The first-order chi connectivity index (χ1) is 9.16. The standard InChI is InChI=1S/C13H16N4OS/c1-10(11-4-3-5-14-8-11)17(2)9-12(18)16-13-15-6-7-19-13/h3-8,10H,9H2,1-2H3,(H,15,16,18). The third-order valence-electron chi connectivity index (χ3n) is 2.90. The van der Waals surface area contributed by atoms with E-state index in [0.29, 0.717) is 11.7 Å². The first-order valence-electron chi connectivity index (χ1n) is 5.96. The molecule has 100 valence electrons. The maximum atomic E-state index is 11.9. The van der Waals surface area contributed by atoms with Crippen molar-refractivity contribution in [2.45, 2.75) is 13.0 Å². The topological polar surface area (TPSA) is 58.1 Å². The Morgan fingerprint density at radius 3 is 3.00 bits per heavy atom. The average Bonchev–Trinajstić information content (AvgIpc) is 2.91. The van der Waals surface area contributed by atoms with Gasteiger partial charge in [0.1, 0.15) is 0 Å². The minimum atomic E-state index is -0.0619. The molecule has 0 spiro atoms. The SMILES string of the molecule is CC(c1cccnc1)N(C)CC(=O)Nc1nccs1. The van der Waals surface area contributed by atoms with Crippen molar-refractivity contribution in [3.05, 3.63) is 41.7 Å². The van der Waals surface area contributed by atoms with Gasteiger partial charge in [-0.2, -0.15) is 0 Å². The van der Waals surface area contributed by atoms with Crippen LogP contribution in [-0.4, -0.2) is 34.4 Å². The van der Waals surface area contributed by atoms with Crippen molar-refractivity contribution in [1.82, 2.24) is 14.9 Å². The molecular weight excluding hydrogens is 260 g/mol. The molecule has 1 unspecified atom stereocenters. The molecule has 19 heavy (non-hydrogen) atoms. The number of aromatic nitrogens is 2. The van der Waals surface area contributed by atoms with Gasteiger partial charge in [0, 0.05) is 30.0 Å². The zero-order chi connectivity index (χ0) is 13.7. The van der Waals surface area contributed by atoms with Crippen molar-refractivity contribution in [2.75, 3.05) is 18.9 Å². The highest BCUT2D eigenvalue weighted by atomic mass is 32.1. The number of pyridine rings is 1. The number of likely N-dealkylation sites (N-methyl/N-ethyl adjacent to an activating group) is 1. The molecule has 5 nitrogen and oxygen atoms in total. The number of carbonyl (C=O) groups is 1. The molecule has 0 bridgehead atoms. The van der Waals surface area contributed by atoms with Crippen LogP contribution in [0.5, 0.6) is 0 Å². The largest absolute Gasteiger partial charge is 0.301 e. The lowest BCUT2D eigenvalue weighted by molar-refractivity contribution is -0.117. The molecule has 2 heterocycles. The van der Waals surface area contributed by atoms with E-state index in [1.54, 1.807) is 12.4 Å². The Bertz CT molecular complexity index is 515. The number of thiazole rings is 1. The minimum absolute atomic E-state index is 0.0619. The number of anilines is 1. The van der Waals surface area contributed by atoms with Crippen LogP contribution in [0.2, 0.25) is 0 Å². The van der Waals surface area contributed by atoms with Gasteiger partial charge in [-0.05, 0) is 25.6 Å². The van der Waals surface area contributed by atoms with Crippen molar-refractivity contribution in [1.29, 1.82) is 0 Å². The third kappa shape index (κ3) is 3.84. The van der Waals surface area contributed by atoms with Crippen molar-refractivity contribution in [3.8, 4) is 0 Å². The lowest BCUT2D eigenvalue weighted by Crippen LogP contribution is -2.32. The van der Waals surface area contributed by atoms with Crippen molar-refractivity contribution >= 4 is 22.4 Å². The molecule has 1 atom stereocenters. The van der Waals surface area contributed by atoms with Gasteiger partial charge in [-0.3, -0.25) is 14.7 Å². The van der Waals surface area contributed by atoms with Crippen LogP contribution in [0.15, 0.2) is 36.1 Å². The summed E-state index contributed by atoms with van der Waals surface area (Å²) in [5.74, 6) is -0.0619. The highest BCUT2D eigenvalue weighted by Crippen LogP contribution is 2.17. The zero-order valence-electron chi connectivity index (χ0n) is 10.9. The maximum absolute atomic E-state index is 11.9. The van der Waals surface area contributed by atoms with E-state index in [2.05, 4.69) is 15.3 Å². The van der Waals surface area contributed by atoms with Gasteiger partial charge in [0.15, 0.2) is 5.13 Å². The van der Waals surface area contributed by atoms with E-state index in [1.165, 1.54) is 11.3 Å². The van der Waals surface area contributed by atoms with Crippen LogP contribution in [-0.2, 0) is 4.79 Å². The van der Waals surface area contributed by atoms with Gasteiger partial charge in [0.2, 0.25) is 5.91 Å². The molecule has 1 N–H and O–H groups in total. The number of hydrogen-bond donors (Lipinski definition) is 1. The first kappa shape index (κ1) is 13.6. The van der Waals surface area contributed by atoms with Gasteiger partial charge in [-0.1, -0.05) is 6.07 Å². The van der Waals surface area contributed by atoms with E-state index < -0.39 is 0 Å². The molecule has 2 aromatic rings. The Hall–Kier alpha value is -1.79. The fraction of sp³-hybridized carbons (Fsp3) is 0.308. The summed E-state index contributed by atoms with van der Waals surface area (Å²) in [6.45, 7) is 2.36. The molecule has 0 aliphatic heterocycles. The van der Waals surface area contributed by atoms with Crippen molar-refractivity contribution in [2.24, 2.45) is 0 Å². The Labute approximate surface area is 116 Å². The maximum Gasteiger partial charge on any atom is 0.240 e. The summed E-state index contributed by atoms with van der Waals surface area (Å²) in [6.07, 6.45) is 5.23. The number of amides is 1. The van der Waals surface area contributed by atoms with Crippen LogP contribution in [0.4, 0.5) is 5.13 Å². The number of carbonyl (C=O) groups excluding carboxylic acids is 1. The Morgan fingerprint density at radius 2 is 2.37 bits per heavy atom. The smallest absolute Gasteiger partial charge is 0.240 e. The number of nitrogens with zero attached hydrogens (tertiary/aromatic N) is 3. The fourth-order valence-electron chi connectivity index (χ4n) is 1.68. The van der Waals surface area contributed by atoms with Crippen LogP contribution in [0.1, 0.15) is 18.5 Å². The van der Waals surface area contributed by atoms with E-state index >= 15 is 0 Å². The van der Waals surface area contributed by atoms with Gasteiger partial charge in [-0.25, -0.2) is 4.98 Å².